The van der Waals surface area contributed by atoms with Crippen molar-refractivity contribution in [1.82, 2.24) is 19.5 Å². The standard InChI is InChI=1S/C19H21BrN6O/c20-15-11-23-26-17(22-10-13-5-4-8-25(12-13)19(21)27)9-16(24-18(15)26)14-6-2-1-3-7-14/h1-3,6-7,9,11,13,22H,4-5,8,10,12H2,(H2,21,27). The van der Waals surface area contributed by atoms with Crippen LogP contribution in [0, 0.1) is 5.92 Å². The average molecular weight is 429 g/mol. The Hall–Kier alpha value is -2.61. The van der Waals surface area contributed by atoms with Gasteiger partial charge in [-0.3, -0.25) is 0 Å². The Balaban J connectivity index is 1.60. The maximum atomic E-state index is 11.5. The molecule has 3 aromatic rings. The highest BCUT2D eigenvalue weighted by atomic mass is 79.9. The van der Waals surface area contributed by atoms with Crippen molar-refractivity contribution in [3.63, 3.8) is 0 Å². The maximum Gasteiger partial charge on any atom is 0.314 e. The molecule has 1 fully saturated rings. The largest absolute Gasteiger partial charge is 0.370 e. The molecule has 8 heteroatoms. The summed E-state index contributed by atoms with van der Waals surface area (Å²) in [6, 6.07) is 11.7. The van der Waals surface area contributed by atoms with Gasteiger partial charge >= 0.3 is 6.03 Å². The number of fused-ring (bicyclic) bond motifs is 1. The van der Waals surface area contributed by atoms with Crippen LogP contribution in [0.5, 0.6) is 0 Å². The molecule has 140 valence electrons. The monoisotopic (exact) mass is 428 g/mol. The second-order valence-corrected chi connectivity index (χ2v) is 7.65. The van der Waals surface area contributed by atoms with E-state index in [2.05, 4.69) is 26.3 Å². The van der Waals surface area contributed by atoms with Crippen molar-refractivity contribution < 1.29 is 4.79 Å². The molecule has 27 heavy (non-hydrogen) atoms. The summed E-state index contributed by atoms with van der Waals surface area (Å²) in [5.74, 6) is 1.23. The van der Waals surface area contributed by atoms with E-state index in [1.54, 1.807) is 15.6 Å². The first-order valence-corrected chi connectivity index (χ1v) is 9.79. The third-order valence-corrected chi connectivity index (χ3v) is 5.46. The number of hydrogen-bond acceptors (Lipinski definition) is 4. The van der Waals surface area contributed by atoms with Crippen LogP contribution in [0.3, 0.4) is 0 Å². The molecule has 3 N–H and O–H groups in total. The number of carbonyl (C=O) groups is 1. The lowest BCUT2D eigenvalue weighted by molar-refractivity contribution is 0.177. The molecule has 0 spiro atoms. The minimum atomic E-state index is -0.339. The smallest absolute Gasteiger partial charge is 0.314 e. The number of primary amides is 1. The highest BCUT2D eigenvalue weighted by molar-refractivity contribution is 9.10. The summed E-state index contributed by atoms with van der Waals surface area (Å²) < 4.78 is 2.64. The van der Waals surface area contributed by atoms with Gasteiger partial charge in [-0.15, -0.1) is 0 Å². The summed E-state index contributed by atoms with van der Waals surface area (Å²) in [5, 5.41) is 7.92. The van der Waals surface area contributed by atoms with Crippen molar-refractivity contribution in [2.45, 2.75) is 12.8 Å². The van der Waals surface area contributed by atoms with Gasteiger partial charge in [0, 0.05) is 31.3 Å². The molecule has 3 heterocycles. The minimum absolute atomic E-state index is 0.339. The fourth-order valence-electron chi connectivity index (χ4n) is 3.50. The quantitative estimate of drug-likeness (QED) is 0.666. The number of halogens is 1. The Labute approximate surface area is 165 Å². The molecule has 0 bridgehead atoms. The van der Waals surface area contributed by atoms with E-state index in [-0.39, 0.29) is 6.03 Å². The number of piperidine rings is 1. The normalized spacial score (nSPS) is 17.2. The Morgan fingerprint density at radius 2 is 2.15 bits per heavy atom. The zero-order chi connectivity index (χ0) is 18.8. The lowest BCUT2D eigenvalue weighted by Crippen LogP contribution is -2.44. The molecule has 0 radical (unpaired) electrons. The summed E-state index contributed by atoms with van der Waals surface area (Å²) in [7, 11) is 0. The van der Waals surface area contributed by atoms with Crippen molar-refractivity contribution in [2.24, 2.45) is 11.7 Å². The van der Waals surface area contributed by atoms with Gasteiger partial charge in [-0.2, -0.15) is 9.61 Å². The number of urea groups is 1. The molecule has 1 unspecified atom stereocenters. The number of anilines is 1. The van der Waals surface area contributed by atoms with Gasteiger partial charge in [0.05, 0.1) is 16.4 Å². The molecule has 0 aliphatic carbocycles. The van der Waals surface area contributed by atoms with Crippen molar-refractivity contribution in [3.05, 3.63) is 47.1 Å². The Morgan fingerprint density at radius 3 is 2.93 bits per heavy atom. The molecule has 2 amide bonds. The summed E-state index contributed by atoms with van der Waals surface area (Å²) in [6.07, 6.45) is 3.79. The highest BCUT2D eigenvalue weighted by Gasteiger charge is 2.22. The van der Waals surface area contributed by atoms with Crippen molar-refractivity contribution in [2.75, 3.05) is 25.0 Å². The Morgan fingerprint density at radius 1 is 1.33 bits per heavy atom. The topological polar surface area (TPSA) is 88.5 Å². The average Bonchev–Trinajstić information content (AvgIpc) is 3.08. The fourth-order valence-corrected chi connectivity index (χ4v) is 3.85. The van der Waals surface area contributed by atoms with Crippen LogP contribution >= 0.6 is 15.9 Å². The van der Waals surface area contributed by atoms with Crippen LogP contribution in [-0.2, 0) is 0 Å². The van der Waals surface area contributed by atoms with Crippen LogP contribution in [-0.4, -0.2) is 45.2 Å². The van der Waals surface area contributed by atoms with Gasteiger partial charge in [0.15, 0.2) is 5.65 Å². The zero-order valence-corrected chi connectivity index (χ0v) is 16.4. The summed E-state index contributed by atoms with van der Waals surface area (Å²) in [6.45, 7) is 2.18. The van der Waals surface area contributed by atoms with E-state index in [0.717, 1.165) is 53.1 Å². The predicted octanol–water partition coefficient (Wildman–Crippen LogP) is 3.36. The van der Waals surface area contributed by atoms with Crippen molar-refractivity contribution in [3.8, 4) is 11.3 Å². The van der Waals surface area contributed by atoms with E-state index in [1.807, 2.05) is 36.4 Å². The van der Waals surface area contributed by atoms with E-state index in [0.29, 0.717) is 12.5 Å². The maximum absolute atomic E-state index is 11.5. The first-order valence-electron chi connectivity index (χ1n) is 9.00. The second-order valence-electron chi connectivity index (χ2n) is 6.79. The molecule has 1 atom stereocenters. The number of nitrogens with one attached hydrogen (secondary N) is 1. The van der Waals surface area contributed by atoms with Gasteiger partial charge in [-0.1, -0.05) is 30.3 Å². The molecule has 1 saturated heterocycles. The number of nitrogens with two attached hydrogens (primary N) is 1. The van der Waals surface area contributed by atoms with E-state index in [9.17, 15) is 4.79 Å². The Bertz CT molecular complexity index is 957. The molecule has 1 aliphatic heterocycles. The second kappa shape index (κ2) is 7.56. The van der Waals surface area contributed by atoms with Crippen LogP contribution in [0.25, 0.3) is 16.9 Å². The molecule has 7 nitrogen and oxygen atoms in total. The van der Waals surface area contributed by atoms with Crippen molar-refractivity contribution in [1.29, 1.82) is 0 Å². The van der Waals surface area contributed by atoms with E-state index < -0.39 is 0 Å². The fraction of sp³-hybridized carbons (Fsp3) is 0.316. The molecular weight excluding hydrogens is 408 g/mol. The third kappa shape index (κ3) is 3.75. The number of benzene rings is 1. The first-order chi connectivity index (χ1) is 13.1. The zero-order valence-electron chi connectivity index (χ0n) is 14.8. The van der Waals surface area contributed by atoms with Crippen LogP contribution < -0.4 is 11.1 Å². The van der Waals surface area contributed by atoms with Crippen LogP contribution in [0.1, 0.15) is 12.8 Å². The van der Waals surface area contributed by atoms with Gasteiger partial charge in [0.2, 0.25) is 0 Å². The third-order valence-electron chi connectivity index (χ3n) is 4.90. The Kier molecular flexibility index (Phi) is 4.98. The van der Waals surface area contributed by atoms with Gasteiger partial charge in [0.1, 0.15) is 5.82 Å². The number of hydrogen-bond donors (Lipinski definition) is 2. The summed E-state index contributed by atoms with van der Waals surface area (Å²) in [4.78, 5) is 17.9. The SMILES string of the molecule is NC(=O)N1CCCC(CNc2cc(-c3ccccc3)nc3c(Br)cnn23)C1. The van der Waals surface area contributed by atoms with Crippen LogP contribution in [0.4, 0.5) is 10.6 Å². The van der Waals surface area contributed by atoms with Gasteiger partial charge in [0.25, 0.3) is 0 Å². The van der Waals surface area contributed by atoms with Gasteiger partial charge in [-0.05, 0) is 34.7 Å². The number of nitrogens with zero attached hydrogens (tertiary/aromatic N) is 4. The number of rotatable bonds is 4. The summed E-state index contributed by atoms with van der Waals surface area (Å²) >= 11 is 3.53. The van der Waals surface area contributed by atoms with Crippen LogP contribution in [0.15, 0.2) is 47.1 Å². The molecule has 1 aromatic carbocycles. The summed E-state index contributed by atoms with van der Waals surface area (Å²) in [5.41, 5.74) is 8.14. The number of aromatic nitrogens is 3. The van der Waals surface area contributed by atoms with Gasteiger partial charge in [-0.25, -0.2) is 9.78 Å². The highest BCUT2D eigenvalue weighted by Crippen LogP contribution is 2.26. The van der Waals surface area contributed by atoms with E-state index in [4.69, 9.17) is 10.7 Å². The molecule has 4 rings (SSSR count). The predicted molar refractivity (Wildman–Crippen MR) is 108 cm³/mol. The molecule has 0 saturated carbocycles. The lowest BCUT2D eigenvalue weighted by Gasteiger charge is -2.31. The number of amides is 2. The number of likely N-dealkylation sites (tertiary alicyclic amines) is 1. The molecule has 1 aliphatic rings. The van der Waals surface area contributed by atoms with Crippen LogP contribution in [0.2, 0.25) is 0 Å². The number of carbonyl (C=O) groups excluding carboxylic acids is 1. The van der Waals surface area contributed by atoms with Gasteiger partial charge < -0.3 is 16.0 Å². The molecular formula is C19H21BrN6O. The van der Waals surface area contributed by atoms with E-state index >= 15 is 0 Å². The van der Waals surface area contributed by atoms with Crippen molar-refractivity contribution >= 4 is 33.4 Å². The lowest BCUT2D eigenvalue weighted by atomic mass is 9.98. The molecule has 2 aromatic heterocycles. The van der Waals surface area contributed by atoms with E-state index in [1.165, 1.54) is 0 Å². The minimum Gasteiger partial charge on any atom is -0.370 e. The first kappa shape index (κ1) is 17.8.